The van der Waals surface area contributed by atoms with E-state index in [-0.39, 0.29) is 11.9 Å². The average molecular weight is 143 g/mol. The zero-order chi connectivity index (χ0) is 7.56. The molecule has 0 heterocycles. The highest BCUT2D eigenvalue weighted by Crippen LogP contribution is 2.30. The molecule has 0 spiro atoms. The molecule has 0 bridgehead atoms. The van der Waals surface area contributed by atoms with Crippen LogP contribution in [0.1, 0.15) is 13.3 Å². The minimum Gasteiger partial charge on any atom is -0.466 e. The smallest absolute Gasteiger partial charge is 0.310 e. The Morgan fingerprint density at radius 2 is 2.50 bits per heavy atom. The highest BCUT2D eigenvalue weighted by molar-refractivity contribution is 5.76. The van der Waals surface area contributed by atoms with Crippen molar-refractivity contribution in [3.63, 3.8) is 0 Å². The normalized spacial score (nSPS) is 29.8. The molecule has 0 aromatic rings. The van der Waals surface area contributed by atoms with Crippen molar-refractivity contribution in [1.82, 2.24) is 5.32 Å². The second kappa shape index (κ2) is 3.01. The Bertz CT molecular complexity index is 136. The molecule has 10 heavy (non-hydrogen) atoms. The van der Waals surface area contributed by atoms with Crippen LogP contribution in [0.2, 0.25) is 0 Å². The third kappa shape index (κ3) is 1.48. The second-order valence-corrected chi connectivity index (χ2v) is 2.49. The lowest BCUT2D eigenvalue weighted by Gasteiger charge is -1.98. The molecule has 2 atom stereocenters. The average Bonchev–Trinajstić information content (AvgIpc) is 2.66. The fourth-order valence-corrected chi connectivity index (χ4v) is 1.02. The van der Waals surface area contributed by atoms with Crippen LogP contribution < -0.4 is 5.32 Å². The van der Waals surface area contributed by atoms with Gasteiger partial charge in [0.1, 0.15) is 0 Å². The van der Waals surface area contributed by atoms with Gasteiger partial charge < -0.3 is 10.1 Å². The van der Waals surface area contributed by atoms with E-state index in [4.69, 9.17) is 4.74 Å². The Balaban J connectivity index is 2.19. The van der Waals surface area contributed by atoms with Crippen molar-refractivity contribution in [3.05, 3.63) is 0 Å². The van der Waals surface area contributed by atoms with Gasteiger partial charge in [0.25, 0.3) is 0 Å². The summed E-state index contributed by atoms with van der Waals surface area (Å²) in [6.07, 6.45) is 0.940. The van der Waals surface area contributed by atoms with Crippen LogP contribution in [0.4, 0.5) is 0 Å². The fourth-order valence-electron chi connectivity index (χ4n) is 1.02. The lowest BCUT2D eigenvalue weighted by molar-refractivity contribution is -0.144. The molecular formula is C7H13NO2. The first-order valence-corrected chi connectivity index (χ1v) is 3.63. The molecule has 1 saturated carbocycles. The lowest BCUT2D eigenvalue weighted by atomic mass is 10.4. The standard InChI is InChI=1S/C7H13NO2/c1-3-10-7(9)5-4-6(5)8-2/h5-6,8H,3-4H2,1-2H3/t5?,6-/m1/s1. The first-order chi connectivity index (χ1) is 4.79. The van der Waals surface area contributed by atoms with Crippen LogP contribution in [-0.4, -0.2) is 25.7 Å². The maximum Gasteiger partial charge on any atom is 0.310 e. The molecule has 58 valence electrons. The number of nitrogens with one attached hydrogen (secondary N) is 1. The highest BCUT2D eigenvalue weighted by Gasteiger charge is 2.42. The maximum atomic E-state index is 10.9. The Hall–Kier alpha value is -0.570. The third-order valence-electron chi connectivity index (χ3n) is 1.75. The zero-order valence-electron chi connectivity index (χ0n) is 6.39. The summed E-state index contributed by atoms with van der Waals surface area (Å²) < 4.78 is 4.82. The minimum atomic E-state index is -0.0538. The predicted octanol–water partition coefficient (Wildman–Crippen LogP) is 0.157. The van der Waals surface area contributed by atoms with E-state index in [1.165, 1.54) is 0 Å². The van der Waals surface area contributed by atoms with Gasteiger partial charge in [0, 0.05) is 6.04 Å². The summed E-state index contributed by atoms with van der Waals surface area (Å²) in [6.45, 7) is 2.32. The second-order valence-electron chi connectivity index (χ2n) is 2.49. The molecular weight excluding hydrogens is 130 g/mol. The molecule has 3 heteroatoms. The van der Waals surface area contributed by atoms with E-state index in [1.54, 1.807) is 0 Å². The summed E-state index contributed by atoms with van der Waals surface area (Å²) >= 11 is 0. The summed E-state index contributed by atoms with van der Waals surface area (Å²) in [7, 11) is 1.86. The molecule has 0 saturated heterocycles. The summed E-state index contributed by atoms with van der Waals surface area (Å²) in [4.78, 5) is 10.9. The summed E-state index contributed by atoms with van der Waals surface area (Å²) in [5.41, 5.74) is 0. The van der Waals surface area contributed by atoms with Crippen molar-refractivity contribution in [2.75, 3.05) is 13.7 Å². The first kappa shape index (κ1) is 7.54. The molecule has 1 fully saturated rings. The molecule has 1 rings (SSSR count). The van der Waals surface area contributed by atoms with Crippen LogP contribution in [0.3, 0.4) is 0 Å². The van der Waals surface area contributed by atoms with Crippen molar-refractivity contribution in [2.24, 2.45) is 5.92 Å². The number of hydrogen-bond acceptors (Lipinski definition) is 3. The van der Waals surface area contributed by atoms with E-state index >= 15 is 0 Å². The molecule has 1 N–H and O–H groups in total. The number of carbonyl (C=O) groups is 1. The van der Waals surface area contributed by atoms with Gasteiger partial charge in [-0.1, -0.05) is 0 Å². The van der Waals surface area contributed by atoms with Crippen LogP contribution >= 0.6 is 0 Å². The van der Waals surface area contributed by atoms with Crippen molar-refractivity contribution in [2.45, 2.75) is 19.4 Å². The quantitative estimate of drug-likeness (QED) is 0.572. The Labute approximate surface area is 60.7 Å². The van der Waals surface area contributed by atoms with Crippen molar-refractivity contribution in [1.29, 1.82) is 0 Å². The van der Waals surface area contributed by atoms with Crippen LogP contribution in [-0.2, 0) is 9.53 Å². The largest absolute Gasteiger partial charge is 0.466 e. The Kier molecular flexibility index (Phi) is 2.27. The molecule has 0 amide bonds. The molecule has 1 aliphatic carbocycles. The number of carbonyl (C=O) groups excluding carboxylic acids is 1. The van der Waals surface area contributed by atoms with E-state index in [0.29, 0.717) is 12.6 Å². The van der Waals surface area contributed by atoms with Crippen molar-refractivity contribution < 1.29 is 9.53 Å². The SMILES string of the molecule is CCOC(=O)C1C[C@H]1NC. The molecule has 0 aromatic heterocycles. The fraction of sp³-hybridized carbons (Fsp3) is 0.857. The van der Waals surface area contributed by atoms with E-state index in [2.05, 4.69) is 5.32 Å². The maximum absolute atomic E-state index is 10.9. The number of ether oxygens (including phenoxy) is 1. The van der Waals surface area contributed by atoms with Crippen LogP contribution in [0.25, 0.3) is 0 Å². The van der Waals surface area contributed by atoms with Gasteiger partial charge in [-0.15, -0.1) is 0 Å². The monoisotopic (exact) mass is 143 g/mol. The van der Waals surface area contributed by atoms with Crippen molar-refractivity contribution >= 4 is 5.97 Å². The predicted molar refractivity (Wildman–Crippen MR) is 37.6 cm³/mol. The summed E-state index contributed by atoms with van der Waals surface area (Å²) in [6, 6.07) is 0.374. The van der Waals surface area contributed by atoms with Gasteiger partial charge in [-0.2, -0.15) is 0 Å². The van der Waals surface area contributed by atoms with E-state index in [9.17, 15) is 4.79 Å². The van der Waals surface area contributed by atoms with E-state index in [1.807, 2.05) is 14.0 Å². The molecule has 0 aliphatic heterocycles. The van der Waals surface area contributed by atoms with Gasteiger partial charge in [-0.3, -0.25) is 4.79 Å². The van der Waals surface area contributed by atoms with Gasteiger partial charge in [0.15, 0.2) is 0 Å². The first-order valence-electron chi connectivity index (χ1n) is 3.63. The molecule has 1 unspecified atom stereocenters. The number of hydrogen-bond donors (Lipinski definition) is 1. The highest BCUT2D eigenvalue weighted by atomic mass is 16.5. The number of rotatable bonds is 3. The molecule has 0 aromatic carbocycles. The Morgan fingerprint density at radius 3 is 2.90 bits per heavy atom. The van der Waals surface area contributed by atoms with Crippen LogP contribution in [0, 0.1) is 5.92 Å². The van der Waals surface area contributed by atoms with Gasteiger partial charge >= 0.3 is 5.97 Å². The minimum absolute atomic E-state index is 0.0538. The van der Waals surface area contributed by atoms with Gasteiger partial charge in [-0.05, 0) is 20.4 Å². The van der Waals surface area contributed by atoms with E-state index in [0.717, 1.165) is 6.42 Å². The molecule has 1 aliphatic rings. The van der Waals surface area contributed by atoms with Crippen molar-refractivity contribution in [3.8, 4) is 0 Å². The summed E-state index contributed by atoms with van der Waals surface area (Å²) in [5, 5.41) is 3.03. The Morgan fingerprint density at radius 1 is 1.80 bits per heavy atom. The zero-order valence-corrected chi connectivity index (χ0v) is 6.39. The third-order valence-corrected chi connectivity index (χ3v) is 1.75. The van der Waals surface area contributed by atoms with E-state index < -0.39 is 0 Å². The molecule has 3 nitrogen and oxygen atoms in total. The van der Waals surface area contributed by atoms with Gasteiger partial charge in [0.2, 0.25) is 0 Å². The molecule has 0 radical (unpaired) electrons. The topological polar surface area (TPSA) is 38.3 Å². The van der Waals surface area contributed by atoms with Crippen LogP contribution in [0.5, 0.6) is 0 Å². The lowest BCUT2D eigenvalue weighted by Crippen LogP contribution is -2.17. The number of esters is 1. The van der Waals surface area contributed by atoms with Crippen LogP contribution in [0.15, 0.2) is 0 Å². The summed E-state index contributed by atoms with van der Waals surface area (Å²) in [5.74, 6) is 0.0757. The van der Waals surface area contributed by atoms with Gasteiger partial charge in [0.05, 0.1) is 12.5 Å². The van der Waals surface area contributed by atoms with Gasteiger partial charge in [-0.25, -0.2) is 0 Å².